The summed E-state index contributed by atoms with van der Waals surface area (Å²) in [5, 5.41) is 9.65. The van der Waals surface area contributed by atoms with Crippen molar-refractivity contribution in [2.75, 3.05) is 0 Å². The second kappa shape index (κ2) is 5.75. The zero-order chi connectivity index (χ0) is 14.4. The van der Waals surface area contributed by atoms with Crippen molar-refractivity contribution in [3.05, 3.63) is 27.4 Å². The third-order valence-electron chi connectivity index (χ3n) is 4.15. The summed E-state index contributed by atoms with van der Waals surface area (Å²) in [6.45, 7) is 2.37. The van der Waals surface area contributed by atoms with E-state index < -0.39 is 6.10 Å². The molecule has 21 heavy (non-hydrogen) atoms. The van der Waals surface area contributed by atoms with Crippen LogP contribution in [0.1, 0.15) is 29.9 Å². The number of carbonyl (C=O) groups excluding carboxylic acids is 1. The maximum Gasteiger partial charge on any atom is 0.256 e. The molecule has 0 spiro atoms. The maximum atomic E-state index is 12.4. The summed E-state index contributed by atoms with van der Waals surface area (Å²) in [5.41, 5.74) is 6.80. The molecule has 1 fully saturated rings. The van der Waals surface area contributed by atoms with Crippen LogP contribution < -0.4 is 11.3 Å². The van der Waals surface area contributed by atoms with Gasteiger partial charge in [-0.2, -0.15) is 0 Å². The van der Waals surface area contributed by atoms with Crippen LogP contribution in [0, 0.1) is 12.8 Å². The van der Waals surface area contributed by atoms with E-state index >= 15 is 0 Å². The number of fused-ring (bicyclic) bond motifs is 1. The summed E-state index contributed by atoms with van der Waals surface area (Å²) in [4.78, 5) is 32.8. The van der Waals surface area contributed by atoms with Crippen LogP contribution in [-0.4, -0.2) is 38.0 Å². The third kappa shape index (κ3) is 2.81. The molecular weight excluding hydrogens is 296 g/mol. The van der Waals surface area contributed by atoms with Gasteiger partial charge in [0.2, 0.25) is 5.91 Å². The molecule has 0 unspecified atom stereocenters. The zero-order valence-electron chi connectivity index (χ0n) is 11.7. The second-order valence-electron chi connectivity index (χ2n) is 5.67. The van der Waals surface area contributed by atoms with Crippen LogP contribution in [0.3, 0.4) is 0 Å². The number of H-pyrrole nitrogens is 1. The summed E-state index contributed by atoms with van der Waals surface area (Å²) in [6.07, 6.45) is 0.281. The number of aromatic amines is 1. The number of amides is 1. The van der Waals surface area contributed by atoms with Gasteiger partial charge >= 0.3 is 0 Å². The number of nitrogens with two attached hydrogens (primary N) is 1. The van der Waals surface area contributed by atoms with Gasteiger partial charge in [0.25, 0.3) is 5.56 Å². The minimum atomic E-state index is -0.613. The van der Waals surface area contributed by atoms with Crippen molar-refractivity contribution in [3.63, 3.8) is 0 Å². The van der Waals surface area contributed by atoms with Gasteiger partial charge in [0.15, 0.2) is 0 Å². The number of hydrogen-bond donors (Lipinski definition) is 3. The number of nitrogens with one attached hydrogen (secondary N) is 1. The van der Waals surface area contributed by atoms with E-state index in [-0.39, 0.29) is 35.8 Å². The molecule has 1 saturated carbocycles. The summed E-state index contributed by atoms with van der Waals surface area (Å²) in [6, 6.07) is -0.335. The van der Waals surface area contributed by atoms with Crippen molar-refractivity contribution >= 4 is 18.3 Å². The molecule has 3 atom stereocenters. The molecule has 1 aliphatic carbocycles. The van der Waals surface area contributed by atoms with Gasteiger partial charge in [0, 0.05) is 12.0 Å². The van der Waals surface area contributed by atoms with E-state index in [2.05, 4.69) is 9.97 Å². The average molecular weight is 315 g/mol. The smallest absolute Gasteiger partial charge is 0.256 e. The van der Waals surface area contributed by atoms with Crippen LogP contribution in [0.2, 0.25) is 0 Å². The minimum Gasteiger partial charge on any atom is -0.391 e. The van der Waals surface area contributed by atoms with Crippen molar-refractivity contribution in [3.8, 4) is 0 Å². The highest BCUT2D eigenvalue weighted by molar-refractivity contribution is 5.85. The molecule has 0 aromatic carbocycles. The molecule has 0 saturated heterocycles. The number of aromatic nitrogens is 2. The van der Waals surface area contributed by atoms with Gasteiger partial charge < -0.3 is 20.7 Å². The zero-order valence-corrected chi connectivity index (χ0v) is 12.5. The highest BCUT2D eigenvalue weighted by Crippen LogP contribution is 2.29. The van der Waals surface area contributed by atoms with Crippen molar-refractivity contribution < 1.29 is 9.90 Å². The van der Waals surface area contributed by atoms with Gasteiger partial charge in [-0.15, -0.1) is 12.4 Å². The molecule has 1 aromatic rings. The van der Waals surface area contributed by atoms with E-state index in [0.29, 0.717) is 43.0 Å². The van der Waals surface area contributed by atoms with Gasteiger partial charge in [-0.3, -0.25) is 9.59 Å². The summed E-state index contributed by atoms with van der Waals surface area (Å²) < 4.78 is 0. The molecule has 2 aliphatic rings. The molecule has 116 valence electrons. The van der Waals surface area contributed by atoms with Crippen molar-refractivity contribution in [1.29, 1.82) is 0 Å². The normalized spacial score (nSPS) is 27.4. The van der Waals surface area contributed by atoms with Gasteiger partial charge in [-0.05, 0) is 19.8 Å². The first-order valence-electron chi connectivity index (χ1n) is 6.77. The SMILES string of the molecule is Cc1nc2c(c(=O)[nH]1)CN(C(=O)[C@H]1C[C@H](N)[C@@H](O)C1)C2.Cl. The number of carbonyl (C=O) groups is 1. The Morgan fingerprint density at radius 2 is 2.14 bits per heavy atom. The van der Waals surface area contributed by atoms with Crippen molar-refractivity contribution in [2.45, 2.75) is 45.0 Å². The molecule has 3 rings (SSSR count). The Labute approximate surface area is 128 Å². The number of aliphatic hydroxyl groups excluding tert-OH is 1. The first kappa shape index (κ1) is 15.9. The fourth-order valence-corrected chi connectivity index (χ4v) is 3.05. The van der Waals surface area contributed by atoms with E-state index in [0.717, 1.165) is 0 Å². The topological polar surface area (TPSA) is 112 Å². The molecule has 1 aromatic heterocycles. The Hall–Kier alpha value is -1.44. The van der Waals surface area contributed by atoms with E-state index in [1.807, 2.05) is 0 Å². The lowest BCUT2D eigenvalue weighted by molar-refractivity contribution is -0.136. The lowest BCUT2D eigenvalue weighted by atomic mass is 10.1. The van der Waals surface area contributed by atoms with Crippen LogP contribution in [0.4, 0.5) is 0 Å². The van der Waals surface area contributed by atoms with E-state index in [1.54, 1.807) is 11.8 Å². The average Bonchev–Trinajstić information content (AvgIpc) is 2.93. The van der Waals surface area contributed by atoms with E-state index in [9.17, 15) is 14.7 Å². The largest absolute Gasteiger partial charge is 0.391 e. The van der Waals surface area contributed by atoms with Gasteiger partial charge in [-0.1, -0.05) is 0 Å². The number of aryl methyl sites for hydroxylation is 1. The lowest BCUT2D eigenvalue weighted by Crippen LogP contribution is -2.32. The standard InChI is InChI=1S/C13H18N4O3.ClH/c1-6-15-10-5-17(4-8(10)12(19)16-6)13(20)7-2-9(14)11(18)3-7;/h7,9,11,18H,2-5,14H2,1H3,(H,15,16,19);1H/t7-,9-,11-;/m0./s1. The Balaban J connectivity index is 0.00000161. The molecule has 2 heterocycles. The number of rotatable bonds is 1. The van der Waals surface area contributed by atoms with Crippen LogP contribution >= 0.6 is 12.4 Å². The highest BCUT2D eigenvalue weighted by Gasteiger charge is 2.38. The number of halogens is 1. The summed E-state index contributed by atoms with van der Waals surface area (Å²) >= 11 is 0. The molecule has 4 N–H and O–H groups in total. The van der Waals surface area contributed by atoms with Crippen molar-refractivity contribution in [1.82, 2.24) is 14.9 Å². The number of hydrogen-bond acceptors (Lipinski definition) is 5. The summed E-state index contributed by atoms with van der Waals surface area (Å²) in [5.74, 6) is 0.253. The third-order valence-corrected chi connectivity index (χ3v) is 4.15. The minimum absolute atomic E-state index is 0. The van der Waals surface area contributed by atoms with Crippen molar-refractivity contribution in [2.24, 2.45) is 11.7 Å². The highest BCUT2D eigenvalue weighted by atomic mass is 35.5. The predicted octanol–water partition coefficient (Wildman–Crippen LogP) is -0.559. The number of aliphatic hydroxyl groups is 1. The Bertz CT molecular complexity index is 608. The Kier molecular flexibility index (Phi) is 4.36. The molecule has 0 bridgehead atoms. The fraction of sp³-hybridized carbons (Fsp3) is 0.615. The first-order valence-corrected chi connectivity index (χ1v) is 6.77. The molecule has 8 heteroatoms. The molecular formula is C13H19ClN4O3. The van der Waals surface area contributed by atoms with E-state index in [1.165, 1.54) is 0 Å². The lowest BCUT2D eigenvalue weighted by Gasteiger charge is -2.19. The molecule has 0 radical (unpaired) electrons. The Morgan fingerprint density at radius 1 is 1.43 bits per heavy atom. The van der Waals surface area contributed by atoms with Crippen LogP contribution in [-0.2, 0) is 17.9 Å². The Morgan fingerprint density at radius 3 is 2.76 bits per heavy atom. The van der Waals surface area contributed by atoms with Crippen LogP contribution in [0.15, 0.2) is 4.79 Å². The van der Waals surface area contributed by atoms with Gasteiger partial charge in [0.05, 0.1) is 30.5 Å². The fourth-order valence-electron chi connectivity index (χ4n) is 3.05. The van der Waals surface area contributed by atoms with Gasteiger partial charge in [0.1, 0.15) is 5.82 Å². The molecule has 1 aliphatic heterocycles. The van der Waals surface area contributed by atoms with Crippen LogP contribution in [0.5, 0.6) is 0 Å². The number of nitrogens with zero attached hydrogens (tertiary/aromatic N) is 2. The van der Waals surface area contributed by atoms with Gasteiger partial charge in [-0.25, -0.2) is 4.98 Å². The summed E-state index contributed by atoms with van der Waals surface area (Å²) in [7, 11) is 0. The van der Waals surface area contributed by atoms with Crippen LogP contribution in [0.25, 0.3) is 0 Å². The second-order valence-corrected chi connectivity index (χ2v) is 5.67. The molecule has 7 nitrogen and oxygen atoms in total. The first-order chi connectivity index (χ1) is 9.45. The monoisotopic (exact) mass is 314 g/mol. The van der Waals surface area contributed by atoms with E-state index in [4.69, 9.17) is 5.73 Å². The molecule has 1 amide bonds. The quantitative estimate of drug-likeness (QED) is 0.643. The maximum absolute atomic E-state index is 12.4. The predicted molar refractivity (Wildman–Crippen MR) is 77.8 cm³/mol.